The summed E-state index contributed by atoms with van der Waals surface area (Å²) in [4.78, 5) is 49.6. The van der Waals surface area contributed by atoms with Crippen LogP contribution in [0.4, 0.5) is 0 Å². The molecule has 7 nitrogen and oxygen atoms in total. The third-order valence-electron chi connectivity index (χ3n) is 10.1. The van der Waals surface area contributed by atoms with Crippen molar-refractivity contribution in [1.29, 1.82) is 0 Å². The van der Waals surface area contributed by atoms with E-state index >= 15 is 0 Å². The molecule has 0 aromatic rings. The van der Waals surface area contributed by atoms with Gasteiger partial charge in [-0.05, 0) is 66.3 Å². The molecule has 0 bridgehead atoms. The predicted molar refractivity (Wildman–Crippen MR) is 133 cm³/mol. The number of aliphatic hydroxyl groups excluding tert-OH is 1. The summed E-state index contributed by atoms with van der Waals surface area (Å²) in [5, 5.41) is 11.7. The summed E-state index contributed by atoms with van der Waals surface area (Å²) in [5.41, 5.74) is 0.453. The average molecular weight is 503 g/mol. The first-order chi connectivity index (χ1) is 17.0. The molecule has 36 heavy (non-hydrogen) atoms. The van der Waals surface area contributed by atoms with E-state index in [0.717, 1.165) is 19.3 Å². The van der Waals surface area contributed by atoms with Crippen LogP contribution in [0.1, 0.15) is 79.6 Å². The number of rotatable bonds is 7. The van der Waals surface area contributed by atoms with Crippen LogP contribution < -0.4 is 0 Å². The summed E-state index contributed by atoms with van der Waals surface area (Å²) in [6, 6.07) is 0. The number of hydrogen-bond donors (Lipinski definition) is 1. The Morgan fingerprint density at radius 3 is 2.42 bits per heavy atom. The van der Waals surface area contributed by atoms with E-state index in [1.165, 1.54) is 5.57 Å². The van der Waals surface area contributed by atoms with Gasteiger partial charge in [-0.25, -0.2) is 0 Å². The summed E-state index contributed by atoms with van der Waals surface area (Å²) >= 11 is 0. The van der Waals surface area contributed by atoms with E-state index in [0.29, 0.717) is 12.8 Å². The number of ketones is 2. The summed E-state index contributed by atoms with van der Waals surface area (Å²) in [7, 11) is 0. The van der Waals surface area contributed by atoms with Crippen molar-refractivity contribution >= 4 is 23.5 Å². The summed E-state index contributed by atoms with van der Waals surface area (Å²) in [5.74, 6) is -0.697. The largest absolute Gasteiger partial charge is 0.465 e. The molecule has 200 valence electrons. The first kappa shape index (κ1) is 27.0. The summed E-state index contributed by atoms with van der Waals surface area (Å²) in [6.07, 6.45) is 5.03. The highest BCUT2D eigenvalue weighted by atomic mass is 16.5. The number of ether oxygens (including phenoxy) is 2. The maximum Gasteiger partial charge on any atom is 0.305 e. The monoisotopic (exact) mass is 502 g/mol. The Kier molecular flexibility index (Phi) is 7.53. The second kappa shape index (κ2) is 10.0. The van der Waals surface area contributed by atoms with Crippen molar-refractivity contribution in [3.63, 3.8) is 0 Å². The minimum absolute atomic E-state index is 0.0248. The van der Waals surface area contributed by atoms with Crippen molar-refractivity contribution in [3.05, 3.63) is 11.6 Å². The lowest BCUT2D eigenvalue weighted by Crippen LogP contribution is -2.58. The molecule has 0 aliphatic heterocycles. The molecule has 0 spiro atoms. The normalized spacial score (nSPS) is 41.4. The highest BCUT2D eigenvalue weighted by Crippen LogP contribution is 2.68. The molecule has 3 fully saturated rings. The van der Waals surface area contributed by atoms with Gasteiger partial charge in [0.25, 0.3) is 0 Å². The molecule has 4 aliphatic rings. The molecule has 3 saturated carbocycles. The van der Waals surface area contributed by atoms with Crippen molar-refractivity contribution in [2.24, 2.45) is 46.3 Å². The van der Waals surface area contributed by atoms with Gasteiger partial charge in [0, 0.05) is 31.1 Å². The van der Waals surface area contributed by atoms with Gasteiger partial charge in [0.2, 0.25) is 0 Å². The van der Waals surface area contributed by atoms with Gasteiger partial charge < -0.3 is 14.6 Å². The van der Waals surface area contributed by atoms with Crippen LogP contribution >= 0.6 is 0 Å². The second-order valence-electron chi connectivity index (χ2n) is 12.2. The Labute approximate surface area is 214 Å². The standard InChI is InChI=1S/C29H42O7/c1-6-24(33)35-14-17-11-21-19-10-16(3)20-12-18(30)8-9-28(20,4)27(19)22(31)13-29(21,5)26(17)23(32)15-36-25(34)7-2/h12,16-17,19,21-22,26-27,31H,6-11,13-15H2,1-5H3/t16-,17+,19-,21-,22-,26+,27+,28-,29-/m0/s1. The molecule has 0 amide bonds. The molecule has 1 N–H and O–H groups in total. The molecular weight excluding hydrogens is 460 g/mol. The fraction of sp³-hybridized carbons (Fsp3) is 0.793. The number of carbonyl (C=O) groups excluding carboxylic acids is 4. The fourth-order valence-electron chi connectivity index (χ4n) is 8.74. The molecule has 0 heterocycles. The van der Waals surface area contributed by atoms with Crippen LogP contribution in [0.5, 0.6) is 0 Å². The van der Waals surface area contributed by atoms with Crippen molar-refractivity contribution in [1.82, 2.24) is 0 Å². The third-order valence-corrected chi connectivity index (χ3v) is 10.1. The Morgan fingerprint density at radius 1 is 1.08 bits per heavy atom. The number of hydrogen-bond acceptors (Lipinski definition) is 7. The van der Waals surface area contributed by atoms with Gasteiger partial charge in [0.15, 0.2) is 11.6 Å². The molecule has 0 saturated heterocycles. The van der Waals surface area contributed by atoms with E-state index in [9.17, 15) is 24.3 Å². The van der Waals surface area contributed by atoms with Gasteiger partial charge >= 0.3 is 11.9 Å². The molecule has 7 heteroatoms. The zero-order chi connectivity index (χ0) is 26.4. The summed E-state index contributed by atoms with van der Waals surface area (Å²) in [6.45, 7) is 9.81. The highest BCUT2D eigenvalue weighted by molar-refractivity contribution is 5.91. The van der Waals surface area contributed by atoms with Gasteiger partial charge in [-0.1, -0.05) is 40.2 Å². The third kappa shape index (κ3) is 4.46. The van der Waals surface area contributed by atoms with Gasteiger partial charge in [-0.2, -0.15) is 0 Å². The van der Waals surface area contributed by atoms with Gasteiger partial charge in [-0.15, -0.1) is 0 Å². The number of carbonyl (C=O) groups is 4. The molecule has 0 radical (unpaired) electrons. The van der Waals surface area contributed by atoms with E-state index in [1.54, 1.807) is 13.8 Å². The van der Waals surface area contributed by atoms with Crippen molar-refractivity contribution in [2.45, 2.75) is 85.7 Å². The van der Waals surface area contributed by atoms with Gasteiger partial charge in [-0.3, -0.25) is 19.2 Å². The number of Topliss-reactive ketones (excluding diaryl/α,β-unsaturated/α-hetero) is 1. The van der Waals surface area contributed by atoms with E-state index in [-0.39, 0.29) is 78.6 Å². The maximum absolute atomic E-state index is 13.6. The number of aliphatic hydroxyl groups is 1. The van der Waals surface area contributed by atoms with Crippen LogP contribution in [0.2, 0.25) is 0 Å². The average Bonchev–Trinajstić information content (AvgIpc) is 3.13. The van der Waals surface area contributed by atoms with Crippen molar-refractivity contribution in [2.75, 3.05) is 13.2 Å². The maximum atomic E-state index is 13.6. The topological polar surface area (TPSA) is 107 Å². The minimum Gasteiger partial charge on any atom is -0.465 e. The lowest BCUT2D eigenvalue weighted by atomic mass is 9.44. The number of esters is 2. The molecule has 9 atom stereocenters. The SMILES string of the molecule is CCC(=O)OCC(=O)[C@H]1[C@@H](COC(=O)CC)C[C@H]2[C@@H]3C[C@H](C)C4=CC(=O)CC[C@]4(C)[C@H]3[C@@H](O)C[C@@]21C. The minimum atomic E-state index is -0.601. The van der Waals surface area contributed by atoms with Crippen LogP contribution in [0.3, 0.4) is 0 Å². The molecule has 4 rings (SSSR count). The zero-order valence-electron chi connectivity index (χ0n) is 22.4. The number of fused-ring (bicyclic) bond motifs is 5. The van der Waals surface area contributed by atoms with Crippen LogP contribution in [0, 0.1) is 46.3 Å². The molecule has 0 aromatic heterocycles. The van der Waals surface area contributed by atoms with Crippen molar-refractivity contribution in [3.8, 4) is 0 Å². The molecule has 4 aliphatic carbocycles. The Hall–Kier alpha value is -2.02. The van der Waals surface area contributed by atoms with Gasteiger partial charge in [0.05, 0.1) is 12.7 Å². The predicted octanol–water partition coefficient (Wildman–Crippen LogP) is 4.05. The molecule has 0 unspecified atom stereocenters. The zero-order valence-corrected chi connectivity index (χ0v) is 22.4. The first-order valence-corrected chi connectivity index (χ1v) is 13.7. The van der Waals surface area contributed by atoms with Crippen LogP contribution in [0.15, 0.2) is 11.6 Å². The van der Waals surface area contributed by atoms with Gasteiger partial charge in [0.1, 0.15) is 6.61 Å². The van der Waals surface area contributed by atoms with E-state index in [4.69, 9.17) is 9.47 Å². The van der Waals surface area contributed by atoms with E-state index in [1.807, 2.05) is 6.08 Å². The Balaban J connectivity index is 1.68. The summed E-state index contributed by atoms with van der Waals surface area (Å²) < 4.78 is 10.8. The lowest BCUT2D eigenvalue weighted by molar-refractivity contribution is -0.158. The lowest BCUT2D eigenvalue weighted by Gasteiger charge is -2.61. The molecule has 0 aromatic carbocycles. The van der Waals surface area contributed by atoms with E-state index in [2.05, 4.69) is 20.8 Å². The van der Waals surface area contributed by atoms with E-state index < -0.39 is 23.4 Å². The van der Waals surface area contributed by atoms with Crippen molar-refractivity contribution < 1.29 is 33.8 Å². The van der Waals surface area contributed by atoms with Crippen LogP contribution in [-0.4, -0.2) is 47.9 Å². The highest BCUT2D eigenvalue weighted by Gasteiger charge is 2.66. The quantitative estimate of drug-likeness (QED) is 0.523. The smallest absolute Gasteiger partial charge is 0.305 e. The number of allylic oxidation sites excluding steroid dienone is 1. The Morgan fingerprint density at radius 2 is 1.75 bits per heavy atom. The fourth-order valence-corrected chi connectivity index (χ4v) is 8.74. The second-order valence-corrected chi connectivity index (χ2v) is 12.2. The Bertz CT molecular complexity index is 953. The molecular formula is C29H42O7. The van der Waals surface area contributed by atoms with Crippen LogP contribution in [-0.2, 0) is 28.7 Å². The first-order valence-electron chi connectivity index (χ1n) is 13.7. The van der Waals surface area contributed by atoms with Crippen LogP contribution in [0.25, 0.3) is 0 Å².